The number of ether oxygens (including phenoxy) is 2. The van der Waals surface area contributed by atoms with E-state index in [0.717, 1.165) is 32.4 Å². The van der Waals surface area contributed by atoms with Gasteiger partial charge in [0, 0.05) is 26.1 Å². The van der Waals surface area contributed by atoms with Gasteiger partial charge in [0.15, 0.2) is 0 Å². The summed E-state index contributed by atoms with van der Waals surface area (Å²) in [6.07, 6.45) is 3.89. The molecule has 17 heavy (non-hydrogen) atoms. The van der Waals surface area contributed by atoms with E-state index in [1.54, 1.807) is 7.11 Å². The second-order valence-corrected chi connectivity index (χ2v) is 4.81. The second kappa shape index (κ2) is 6.33. The van der Waals surface area contributed by atoms with Crippen molar-refractivity contribution in [2.75, 3.05) is 26.9 Å². The summed E-state index contributed by atoms with van der Waals surface area (Å²) in [7, 11) is 1.71. The molecule has 3 atom stereocenters. The van der Waals surface area contributed by atoms with Crippen molar-refractivity contribution in [2.45, 2.75) is 43.9 Å². The third-order valence-electron chi connectivity index (χ3n) is 3.53. The predicted molar refractivity (Wildman–Crippen MR) is 63.8 cm³/mol. The molecule has 2 rings (SSSR count). The highest BCUT2D eigenvalue weighted by Crippen LogP contribution is 2.21. The van der Waals surface area contributed by atoms with Gasteiger partial charge in [-0.25, -0.2) is 0 Å². The fourth-order valence-corrected chi connectivity index (χ4v) is 2.61. The largest absolute Gasteiger partial charge is 0.379 e. The zero-order chi connectivity index (χ0) is 12.1. The SMILES string of the molecule is COC1CCCC1NC(=O)CC1COCCN1. The van der Waals surface area contributed by atoms with Gasteiger partial charge in [-0.05, 0) is 19.3 Å². The van der Waals surface area contributed by atoms with Gasteiger partial charge in [0.05, 0.1) is 25.4 Å². The summed E-state index contributed by atoms with van der Waals surface area (Å²) in [6, 6.07) is 0.350. The van der Waals surface area contributed by atoms with Crippen molar-refractivity contribution in [1.29, 1.82) is 0 Å². The molecule has 1 saturated carbocycles. The standard InChI is InChI=1S/C12H22N2O3/c1-16-11-4-2-3-10(11)14-12(15)7-9-8-17-6-5-13-9/h9-11,13H,2-8H2,1H3,(H,14,15). The molecule has 98 valence electrons. The fourth-order valence-electron chi connectivity index (χ4n) is 2.61. The summed E-state index contributed by atoms with van der Waals surface area (Å²) in [4.78, 5) is 11.9. The first-order valence-corrected chi connectivity index (χ1v) is 6.43. The van der Waals surface area contributed by atoms with Crippen molar-refractivity contribution in [3.63, 3.8) is 0 Å². The van der Waals surface area contributed by atoms with Crippen LogP contribution in [0.3, 0.4) is 0 Å². The summed E-state index contributed by atoms with van der Waals surface area (Å²) in [5, 5.41) is 6.35. The molecule has 2 N–H and O–H groups in total. The molecule has 0 bridgehead atoms. The third kappa shape index (κ3) is 3.66. The molecule has 0 radical (unpaired) electrons. The topological polar surface area (TPSA) is 59.6 Å². The van der Waals surface area contributed by atoms with E-state index in [2.05, 4.69) is 10.6 Å². The molecule has 0 aromatic rings. The molecular formula is C12H22N2O3. The van der Waals surface area contributed by atoms with Gasteiger partial charge in [-0.15, -0.1) is 0 Å². The van der Waals surface area contributed by atoms with Crippen molar-refractivity contribution in [1.82, 2.24) is 10.6 Å². The number of methoxy groups -OCH3 is 1. The minimum absolute atomic E-state index is 0.0990. The van der Waals surface area contributed by atoms with Crippen LogP contribution in [0.5, 0.6) is 0 Å². The van der Waals surface area contributed by atoms with Crippen LogP contribution in [0.4, 0.5) is 0 Å². The van der Waals surface area contributed by atoms with E-state index in [1.807, 2.05) is 0 Å². The maximum atomic E-state index is 11.9. The summed E-state index contributed by atoms with van der Waals surface area (Å²) in [5.74, 6) is 0.0990. The molecule has 3 unspecified atom stereocenters. The fraction of sp³-hybridized carbons (Fsp3) is 0.917. The average Bonchev–Trinajstić information content (AvgIpc) is 2.77. The molecule has 5 nitrogen and oxygen atoms in total. The van der Waals surface area contributed by atoms with E-state index in [1.165, 1.54) is 0 Å². The van der Waals surface area contributed by atoms with E-state index < -0.39 is 0 Å². The molecule has 1 aliphatic carbocycles. The van der Waals surface area contributed by atoms with Gasteiger partial charge in [0.2, 0.25) is 5.91 Å². The number of carbonyl (C=O) groups is 1. The highest BCUT2D eigenvalue weighted by Gasteiger charge is 2.29. The minimum atomic E-state index is 0.0990. The number of morpholine rings is 1. The Balaban J connectivity index is 1.72. The Morgan fingerprint density at radius 1 is 1.53 bits per heavy atom. The maximum absolute atomic E-state index is 11.9. The van der Waals surface area contributed by atoms with Crippen molar-refractivity contribution in [2.24, 2.45) is 0 Å². The smallest absolute Gasteiger partial charge is 0.221 e. The van der Waals surface area contributed by atoms with Crippen LogP contribution in [0.25, 0.3) is 0 Å². The summed E-state index contributed by atoms with van der Waals surface area (Å²) < 4.78 is 10.7. The van der Waals surface area contributed by atoms with Crippen molar-refractivity contribution in [3.8, 4) is 0 Å². The molecule has 0 aromatic carbocycles. The van der Waals surface area contributed by atoms with Crippen LogP contribution in [0.1, 0.15) is 25.7 Å². The summed E-state index contributed by atoms with van der Waals surface area (Å²) in [6.45, 7) is 2.21. The molecule has 1 amide bonds. The summed E-state index contributed by atoms with van der Waals surface area (Å²) >= 11 is 0. The number of rotatable bonds is 4. The normalized spacial score (nSPS) is 33.6. The number of nitrogens with one attached hydrogen (secondary N) is 2. The van der Waals surface area contributed by atoms with E-state index >= 15 is 0 Å². The minimum Gasteiger partial charge on any atom is -0.379 e. The van der Waals surface area contributed by atoms with Gasteiger partial charge in [-0.1, -0.05) is 0 Å². The van der Waals surface area contributed by atoms with Crippen molar-refractivity contribution < 1.29 is 14.3 Å². The molecule has 1 saturated heterocycles. The zero-order valence-corrected chi connectivity index (χ0v) is 10.4. The Kier molecular flexibility index (Phi) is 4.76. The van der Waals surface area contributed by atoms with Gasteiger partial charge >= 0.3 is 0 Å². The first-order chi connectivity index (χ1) is 8.29. The number of carbonyl (C=O) groups excluding carboxylic acids is 1. The Hall–Kier alpha value is -0.650. The Bertz CT molecular complexity index is 254. The lowest BCUT2D eigenvalue weighted by Crippen LogP contribution is -2.47. The molecule has 2 fully saturated rings. The van der Waals surface area contributed by atoms with Crippen molar-refractivity contribution >= 4 is 5.91 Å². The molecular weight excluding hydrogens is 220 g/mol. The number of hydrogen-bond acceptors (Lipinski definition) is 4. The zero-order valence-electron chi connectivity index (χ0n) is 10.4. The lowest BCUT2D eigenvalue weighted by molar-refractivity contribution is -0.123. The molecule has 0 aromatic heterocycles. The first kappa shape index (κ1) is 12.8. The Labute approximate surface area is 102 Å². The molecule has 1 heterocycles. The highest BCUT2D eigenvalue weighted by atomic mass is 16.5. The van der Waals surface area contributed by atoms with E-state index in [9.17, 15) is 4.79 Å². The van der Waals surface area contributed by atoms with E-state index in [-0.39, 0.29) is 24.1 Å². The predicted octanol–water partition coefficient (Wildman–Crippen LogP) is 0.0486. The number of hydrogen-bond donors (Lipinski definition) is 2. The van der Waals surface area contributed by atoms with Crippen LogP contribution < -0.4 is 10.6 Å². The van der Waals surface area contributed by atoms with Crippen LogP contribution in [-0.4, -0.2) is 51.0 Å². The van der Waals surface area contributed by atoms with Gasteiger partial charge in [-0.3, -0.25) is 4.79 Å². The Morgan fingerprint density at radius 2 is 2.41 bits per heavy atom. The summed E-state index contributed by atoms with van der Waals surface area (Å²) in [5.41, 5.74) is 0. The van der Waals surface area contributed by atoms with Gasteiger partial charge in [0.25, 0.3) is 0 Å². The quantitative estimate of drug-likeness (QED) is 0.731. The first-order valence-electron chi connectivity index (χ1n) is 6.43. The van der Waals surface area contributed by atoms with E-state index in [4.69, 9.17) is 9.47 Å². The van der Waals surface area contributed by atoms with Crippen LogP contribution >= 0.6 is 0 Å². The molecule has 1 aliphatic heterocycles. The third-order valence-corrected chi connectivity index (χ3v) is 3.53. The van der Waals surface area contributed by atoms with Crippen LogP contribution in [0.15, 0.2) is 0 Å². The monoisotopic (exact) mass is 242 g/mol. The highest BCUT2D eigenvalue weighted by molar-refractivity contribution is 5.77. The van der Waals surface area contributed by atoms with Crippen LogP contribution in [-0.2, 0) is 14.3 Å². The van der Waals surface area contributed by atoms with E-state index in [0.29, 0.717) is 13.0 Å². The molecule has 5 heteroatoms. The second-order valence-electron chi connectivity index (χ2n) is 4.81. The lowest BCUT2D eigenvalue weighted by atomic mass is 10.1. The van der Waals surface area contributed by atoms with Gasteiger partial charge in [0.1, 0.15) is 0 Å². The van der Waals surface area contributed by atoms with Gasteiger partial charge in [-0.2, -0.15) is 0 Å². The van der Waals surface area contributed by atoms with Crippen LogP contribution in [0, 0.1) is 0 Å². The molecule has 2 aliphatic rings. The Morgan fingerprint density at radius 3 is 3.12 bits per heavy atom. The van der Waals surface area contributed by atoms with Crippen LogP contribution in [0.2, 0.25) is 0 Å². The number of amides is 1. The molecule has 0 spiro atoms. The van der Waals surface area contributed by atoms with Gasteiger partial charge < -0.3 is 20.1 Å². The maximum Gasteiger partial charge on any atom is 0.221 e. The lowest BCUT2D eigenvalue weighted by Gasteiger charge is -2.25. The van der Waals surface area contributed by atoms with Crippen molar-refractivity contribution in [3.05, 3.63) is 0 Å². The average molecular weight is 242 g/mol.